The molecule has 1 N–H and O–H groups in total. The highest BCUT2D eigenvalue weighted by atomic mass is 35.5. The molecule has 0 radical (unpaired) electrons. The second-order valence-electron chi connectivity index (χ2n) is 5.59. The summed E-state index contributed by atoms with van der Waals surface area (Å²) in [7, 11) is 1.69. The van der Waals surface area contributed by atoms with E-state index in [1.54, 1.807) is 7.11 Å². The number of fused-ring (bicyclic) bond motifs is 1. The number of aromatic nitrogens is 1. The van der Waals surface area contributed by atoms with Crippen molar-refractivity contribution in [1.82, 2.24) is 4.98 Å². The third-order valence-electron chi connectivity index (χ3n) is 4.11. The molecule has 3 aromatic rings. The Morgan fingerprint density at radius 1 is 1.08 bits per heavy atom. The molecule has 3 rings (SSSR count). The van der Waals surface area contributed by atoms with E-state index >= 15 is 0 Å². The third kappa shape index (κ3) is 4.54. The summed E-state index contributed by atoms with van der Waals surface area (Å²) >= 11 is 0. The lowest BCUT2D eigenvalue weighted by atomic mass is 10.1. The molecule has 0 aliphatic carbocycles. The maximum Gasteiger partial charge on any atom is 0.121 e. The predicted molar refractivity (Wildman–Crippen MR) is 108 cm³/mol. The number of nitrogens with one attached hydrogen (secondary N) is 1. The van der Waals surface area contributed by atoms with Gasteiger partial charge in [0.2, 0.25) is 0 Å². The average Bonchev–Trinajstić information content (AvgIpc) is 2.65. The highest BCUT2D eigenvalue weighted by molar-refractivity contribution is 5.91. The van der Waals surface area contributed by atoms with Gasteiger partial charge in [-0.05, 0) is 31.2 Å². The Kier molecular flexibility index (Phi) is 6.90. The van der Waals surface area contributed by atoms with Crippen molar-refractivity contribution in [3.8, 4) is 5.75 Å². The summed E-state index contributed by atoms with van der Waals surface area (Å²) < 4.78 is 5.40. The van der Waals surface area contributed by atoms with Crippen molar-refractivity contribution in [2.24, 2.45) is 0 Å². The highest BCUT2D eigenvalue weighted by Crippen LogP contribution is 2.27. The number of rotatable bonds is 7. The van der Waals surface area contributed by atoms with E-state index in [1.807, 2.05) is 30.5 Å². The van der Waals surface area contributed by atoms with E-state index in [9.17, 15) is 0 Å². The number of hydrogen-bond acceptors (Lipinski definition) is 4. The van der Waals surface area contributed by atoms with Crippen LogP contribution < -0.4 is 15.0 Å². The summed E-state index contributed by atoms with van der Waals surface area (Å²) in [6.45, 7) is 4.91. The number of halogens is 1. The van der Waals surface area contributed by atoms with Crippen LogP contribution in [0, 0.1) is 0 Å². The number of hydrogen-bond donors (Lipinski definition) is 1. The van der Waals surface area contributed by atoms with Crippen LogP contribution in [0.3, 0.4) is 0 Å². The predicted octanol–water partition coefficient (Wildman–Crippen LogP) is 4.60. The number of anilines is 2. The lowest BCUT2D eigenvalue weighted by Gasteiger charge is -2.23. The second-order valence-corrected chi connectivity index (χ2v) is 5.59. The van der Waals surface area contributed by atoms with Crippen LogP contribution in [0.2, 0.25) is 0 Å². The van der Waals surface area contributed by atoms with Crippen molar-refractivity contribution in [1.29, 1.82) is 0 Å². The fourth-order valence-corrected chi connectivity index (χ4v) is 2.85. The SMILES string of the molecule is CCN(CCNc1cc(OC)cc2cccnc12)c1ccccc1.Cl. The van der Waals surface area contributed by atoms with Gasteiger partial charge < -0.3 is 15.0 Å². The molecule has 0 aliphatic rings. The van der Waals surface area contributed by atoms with E-state index in [0.29, 0.717) is 0 Å². The quantitative estimate of drug-likeness (QED) is 0.670. The first-order valence-corrected chi connectivity index (χ1v) is 8.28. The van der Waals surface area contributed by atoms with Gasteiger partial charge in [-0.1, -0.05) is 24.3 Å². The van der Waals surface area contributed by atoms with Crippen molar-refractivity contribution in [2.75, 3.05) is 37.0 Å². The Morgan fingerprint density at radius 3 is 2.60 bits per heavy atom. The van der Waals surface area contributed by atoms with Crippen LogP contribution in [0.5, 0.6) is 5.75 Å². The average molecular weight is 358 g/mol. The number of methoxy groups -OCH3 is 1. The lowest BCUT2D eigenvalue weighted by Crippen LogP contribution is -2.28. The van der Waals surface area contributed by atoms with Crippen molar-refractivity contribution in [2.45, 2.75) is 6.92 Å². The molecular formula is C20H24ClN3O. The number of likely N-dealkylation sites (N-methyl/N-ethyl adjacent to an activating group) is 1. The molecule has 0 atom stereocenters. The molecule has 5 heteroatoms. The smallest absolute Gasteiger partial charge is 0.121 e. The van der Waals surface area contributed by atoms with Crippen LogP contribution >= 0.6 is 12.4 Å². The molecule has 0 amide bonds. The van der Waals surface area contributed by atoms with Crippen LogP contribution in [-0.4, -0.2) is 31.7 Å². The fourth-order valence-electron chi connectivity index (χ4n) is 2.85. The Labute approximate surface area is 155 Å². The maximum atomic E-state index is 5.40. The number of nitrogens with zero attached hydrogens (tertiary/aromatic N) is 2. The van der Waals surface area contributed by atoms with E-state index in [2.05, 4.69) is 52.5 Å². The molecule has 0 bridgehead atoms. The van der Waals surface area contributed by atoms with Crippen LogP contribution in [0.25, 0.3) is 10.9 Å². The van der Waals surface area contributed by atoms with Gasteiger partial charge >= 0.3 is 0 Å². The van der Waals surface area contributed by atoms with E-state index in [0.717, 1.165) is 42.0 Å². The Morgan fingerprint density at radius 2 is 1.88 bits per heavy atom. The van der Waals surface area contributed by atoms with Crippen LogP contribution in [0.15, 0.2) is 60.8 Å². The zero-order valence-corrected chi connectivity index (χ0v) is 15.4. The largest absolute Gasteiger partial charge is 0.497 e. The molecule has 0 saturated carbocycles. The van der Waals surface area contributed by atoms with Crippen molar-refractivity contribution >= 4 is 34.7 Å². The van der Waals surface area contributed by atoms with Gasteiger partial charge in [0, 0.05) is 43.0 Å². The van der Waals surface area contributed by atoms with E-state index < -0.39 is 0 Å². The first-order chi connectivity index (χ1) is 11.8. The van der Waals surface area contributed by atoms with Gasteiger partial charge in [-0.2, -0.15) is 0 Å². The van der Waals surface area contributed by atoms with Gasteiger partial charge in [0.05, 0.1) is 18.3 Å². The standard InChI is InChI=1S/C20H23N3O.ClH/c1-3-23(17-9-5-4-6-10-17)13-12-21-19-15-18(24-2)14-16-8-7-11-22-20(16)19;/h4-11,14-15,21H,3,12-13H2,1-2H3;1H. The molecule has 0 spiro atoms. The minimum atomic E-state index is 0. The molecule has 2 aromatic carbocycles. The van der Waals surface area contributed by atoms with E-state index in [-0.39, 0.29) is 12.4 Å². The molecule has 25 heavy (non-hydrogen) atoms. The molecule has 0 saturated heterocycles. The zero-order chi connectivity index (χ0) is 16.8. The van der Waals surface area contributed by atoms with Gasteiger partial charge in [-0.25, -0.2) is 0 Å². The van der Waals surface area contributed by atoms with Crippen LogP contribution in [0.1, 0.15) is 6.92 Å². The lowest BCUT2D eigenvalue weighted by molar-refractivity contribution is 0.415. The molecule has 132 valence electrons. The van der Waals surface area contributed by atoms with Crippen molar-refractivity contribution in [3.63, 3.8) is 0 Å². The number of pyridine rings is 1. The third-order valence-corrected chi connectivity index (χ3v) is 4.11. The summed E-state index contributed by atoms with van der Waals surface area (Å²) in [6.07, 6.45) is 1.82. The van der Waals surface area contributed by atoms with Gasteiger partial charge in [0.25, 0.3) is 0 Å². The normalized spacial score (nSPS) is 10.2. The Balaban J connectivity index is 0.00000225. The van der Waals surface area contributed by atoms with Gasteiger partial charge in [0.15, 0.2) is 0 Å². The van der Waals surface area contributed by atoms with Gasteiger partial charge in [-0.15, -0.1) is 12.4 Å². The zero-order valence-electron chi connectivity index (χ0n) is 14.6. The maximum absolute atomic E-state index is 5.40. The summed E-state index contributed by atoms with van der Waals surface area (Å²) in [5, 5.41) is 4.59. The van der Waals surface area contributed by atoms with Crippen LogP contribution in [0.4, 0.5) is 11.4 Å². The topological polar surface area (TPSA) is 37.4 Å². The first-order valence-electron chi connectivity index (χ1n) is 8.28. The molecule has 0 fully saturated rings. The summed E-state index contributed by atoms with van der Waals surface area (Å²) in [5.74, 6) is 0.841. The second kappa shape index (κ2) is 9.14. The monoisotopic (exact) mass is 357 g/mol. The molecular weight excluding hydrogens is 334 g/mol. The Hall–Kier alpha value is -2.46. The minimum Gasteiger partial charge on any atom is -0.497 e. The number of para-hydroxylation sites is 1. The van der Waals surface area contributed by atoms with Gasteiger partial charge in [0.1, 0.15) is 5.75 Å². The summed E-state index contributed by atoms with van der Waals surface area (Å²) in [6, 6.07) is 18.5. The van der Waals surface area contributed by atoms with E-state index in [1.165, 1.54) is 5.69 Å². The molecule has 0 unspecified atom stereocenters. The summed E-state index contributed by atoms with van der Waals surface area (Å²) in [5.41, 5.74) is 3.23. The van der Waals surface area contributed by atoms with Crippen LogP contribution in [-0.2, 0) is 0 Å². The van der Waals surface area contributed by atoms with E-state index in [4.69, 9.17) is 4.74 Å². The first kappa shape index (κ1) is 18.9. The highest BCUT2D eigenvalue weighted by Gasteiger charge is 2.07. The molecule has 1 heterocycles. The van der Waals surface area contributed by atoms with Crippen molar-refractivity contribution in [3.05, 3.63) is 60.8 Å². The minimum absolute atomic E-state index is 0. The number of ether oxygens (including phenoxy) is 1. The Bertz CT molecular complexity index is 795. The fraction of sp³-hybridized carbons (Fsp3) is 0.250. The van der Waals surface area contributed by atoms with Gasteiger partial charge in [-0.3, -0.25) is 4.98 Å². The molecule has 0 aliphatic heterocycles. The molecule has 1 aromatic heterocycles. The number of benzene rings is 2. The van der Waals surface area contributed by atoms with Crippen molar-refractivity contribution < 1.29 is 4.74 Å². The molecule has 4 nitrogen and oxygen atoms in total. The summed E-state index contributed by atoms with van der Waals surface area (Å²) in [4.78, 5) is 6.85.